The van der Waals surface area contributed by atoms with E-state index in [9.17, 15) is 4.39 Å². The van der Waals surface area contributed by atoms with Crippen LogP contribution in [0.5, 0.6) is 0 Å². The molecule has 1 atom stereocenters. The molecular formula is C18H27FN2O. The van der Waals surface area contributed by atoms with Gasteiger partial charge in [-0.25, -0.2) is 4.39 Å². The lowest BCUT2D eigenvalue weighted by atomic mass is 9.76. The number of benzene rings is 1. The summed E-state index contributed by atoms with van der Waals surface area (Å²) in [5.74, 6) is 1.13. The van der Waals surface area contributed by atoms with Crippen molar-refractivity contribution in [3.63, 3.8) is 0 Å². The molecule has 3 nitrogen and oxygen atoms in total. The maximum absolute atomic E-state index is 12.9. The third-order valence-corrected chi connectivity index (χ3v) is 4.91. The largest absolute Gasteiger partial charge is 0.379 e. The number of hydrogen-bond acceptors (Lipinski definition) is 3. The van der Waals surface area contributed by atoms with E-state index in [0.717, 1.165) is 39.4 Å². The lowest BCUT2D eigenvalue weighted by Crippen LogP contribution is -2.45. The van der Waals surface area contributed by atoms with Crippen LogP contribution in [-0.4, -0.2) is 50.3 Å². The molecule has 1 saturated carbocycles. The van der Waals surface area contributed by atoms with Crippen molar-refractivity contribution in [1.82, 2.24) is 10.2 Å². The number of nitrogens with one attached hydrogen (secondary N) is 1. The Morgan fingerprint density at radius 3 is 2.59 bits per heavy atom. The Bertz CT molecular complexity index is 453. The van der Waals surface area contributed by atoms with E-state index in [2.05, 4.69) is 17.1 Å². The second-order valence-electron chi connectivity index (χ2n) is 6.84. The second kappa shape index (κ2) is 7.53. The summed E-state index contributed by atoms with van der Waals surface area (Å²) in [6.45, 7) is 8.45. The fraction of sp³-hybridized carbons (Fsp3) is 0.667. The number of nitrogens with zero attached hydrogens (tertiary/aromatic N) is 1. The van der Waals surface area contributed by atoms with Crippen molar-refractivity contribution in [1.29, 1.82) is 0 Å². The maximum atomic E-state index is 12.9. The zero-order chi connectivity index (χ0) is 15.4. The van der Waals surface area contributed by atoms with Crippen LogP contribution < -0.4 is 5.32 Å². The van der Waals surface area contributed by atoms with Gasteiger partial charge in [0, 0.05) is 25.7 Å². The van der Waals surface area contributed by atoms with Gasteiger partial charge in [-0.1, -0.05) is 19.1 Å². The number of morpholine rings is 1. The highest BCUT2D eigenvalue weighted by Crippen LogP contribution is 2.36. The van der Waals surface area contributed by atoms with Gasteiger partial charge < -0.3 is 10.1 Å². The molecule has 1 aromatic rings. The minimum Gasteiger partial charge on any atom is -0.379 e. The SMILES string of the molecule is CC(CNC1CC(c2ccc(F)cc2)C1)CN1CCOCC1. The first-order valence-electron chi connectivity index (χ1n) is 8.49. The molecule has 1 aliphatic heterocycles. The molecule has 1 N–H and O–H groups in total. The molecule has 3 rings (SSSR count). The second-order valence-corrected chi connectivity index (χ2v) is 6.84. The van der Waals surface area contributed by atoms with Gasteiger partial charge in [0.2, 0.25) is 0 Å². The number of ether oxygens (including phenoxy) is 1. The molecule has 0 radical (unpaired) electrons. The first-order chi connectivity index (χ1) is 10.7. The van der Waals surface area contributed by atoms with Gasteiger partial charge in [0.15, 0.2) is 0 Å². The minimum absolute atomic E-state index is 0.144. The van der Waals surface area contributed by atoms with Crippen LogP contribution in [0.2, 0.25) is 0 Å². The fourth-order valence-electron chi connectivity index (χ4n) is 3.45. The Morgan fingerprint density at radius 1 is 1.23 bits per heavy atom. The normalized spacial score (nSPS) is 27.4. The first kappa shape index (κ1) is 15.9. The van der Waals surface area contributed by atoms with E-state index in [-0.39, 0.29) is 5.82 Å². The highest BCUT2D eigenvalue weighted by molar-refractivity contribution is 5.23. The van der Waals surface area contributed by atoms with Crippen molar-refractivity contribution in [2.45, 2.75) is 31.7 Å². The average Bonchev–Trinajstić information content (AvgIpc) is 2.48. The number of halogens is 1. The van der Waals surface area contributed by atoms with Gasteiger partial charge in [0.05, 0.1) is 13.2 Å². The molecule has 2 aliphatic rings. The summed E-state index contributed by atoms with van der Waals surface area (Å²) in [6.07, 6.45) is 2.35. The molecule has 4 heteroatoms. The lowest BCUT2D eigenvalue weighted by Gasteiger charge is -2.37. The van der Waals surface area contributed by atoms with E-state index in [4.69, 9.17) is 4.74 Å². The van der Waals surface area contributed by atoms with E-state index in [1.807, 2.05) is 12.1 Å². The third kappa shape index (κ3) is 4.28. The predicted molar refractivity (Wildman–Crippen MR) is 86.6 cm³/mol. The van der Waals surface area contributed by atoms with Gasteiger partial charge in [-0.05, 0) is 48.9 Å². The summed E-state index contributed by atoms with van der Waals surface area (Å²) in [4.78, 5) is 2.50. The number of rotatable bonds is 6. The molecule has 122 valence electrons. The van der Waals surface area contributed by atoms with Gasteiger partial charge >= 0.3 is 0 Å². The van der Waals surface area contributed by atoms with Crippen LogP contribution in [0.15, 0.2) is 24.3 Å². The van der Waals surface area contributed by atoms with Crippen LogP contribution in [-0.2, 0) is 4.74 Å². The molecular weight excluding hydrogens is 279 g/mol. The van der Waals surface area contributed by atoms with Gasteiger partial charge in [-0.15, -0.1) is 0 Å². The third-order valence-electron chi connectivity index (χ3n) is 4.91. The summed E-state index contributed by atoms with van der Waals surface area (Å²) in [6, 6.07) is 7.62. The van der Waals surface area contributed by atoms with Crippen LogP contribution in [0.3, 0.4) is 0 Å². The standard InChI is InChI=1S/C18H27FN2O/c1-14(13-21-6-8-22-9-7-21)12-20-18-10-16(11-18)15-2-4-17(19)5-3-15/h2-5,14,16,18,20H,6-13H2,1H3. The smallest absolute Gasteiger partial charge is 0.123 e. The summed E-state index contributed by atoms with van der Waals surface area (Å²) < 4.78 is 18.3. The Morgan fingerprint density at radius 2 is 1.91 bits per heavy atom. The van der Waals surface area contributed by atoms with E-state index in [0.29, 0.717) is 17.9 Å². The molecule has 0 amide bonds. The van der Waals surface area contributed by atoms with Gasteiger partial charge in [-0.2, -0.15) is 0 Å². The Hall–Kier alpha value is -0.970. The highest BCUT2D eigenvalue weighted by Gasteiger charge is 2.30. The monoisotopic (exact) mass is 306 g/mol. The van der Waals surface area contributed by atoms with Crippen molar-refractivity contribution >= 4 is 0 Å². The summed E-state index contributed by atoms with van der Waals surface area (Å²) >= 11 is 0. The summed E-state index contributed by atoms with van der Waals surface area (Å²) in [5, 5.41) is 3.69. The van der Waals surface area contributed by atoms with Gasteiger partial charge in [0.25, 0.3) is 0 Å². The Balaban J connectivity index is 1.33. The van der Waals surface area contributed by atoms with Crippen molar-refractivity contribution < 1.29 is 9.13 Å². The van der Waals surface area contributed by atoms with E-state index in [1.165, 1.54) is 18.4 Å². The van der Waals surface area contributed by atoms with Gasteiger partial charge in [0.1, 0.15) is 5.82 Å². The quantitative estimate of drug-likeness (QED) is 0.874. The molecule has 0 aromatic heterocycles. The molecule has 22 heavy (non-hydrogen) atoms. The molecule has 0 spiro atoms. The summed E-state index contributed by atoms with van der Waals surface area (Å²) in [5.41, 5.74) is 1.28. The molecule has 1 aliphatic carbocycles. The van der Waals surface area contributed by atoms with Gasteiger partial charge in [-0.3, -0.25) is 4.90 Å². The minimum atomic E-state index is -0.144. The first-order valence-corrected chi connectivity index (χ1v) is 8.49. The highest BCUT2D eigenvalue weighted by atomic mass is 19.1. The molecule has 1 unspecified atom stereocenters. The van der Waals surface area contributed by atoms with Crippen molar-refractivity contribution in [2.75, 3.05) is 39.4 Å². The van der Waals surface area contributed by atoms with Crippen LogP contribution >= 0.6 is 0 Å². The van der Waals surface area contributed by atoms with Crippen LogP contribution in [0, 0.1) is 11.7 Å². The van der Waals surface area contributed by atoms with E-state index >= 15 is 0 Å². The average molecular weight is 306 g/mol. The molecule has 0 bridgehead atoms. The van der Waals surface area contributed by atoms with Crippen LogP contribution in [0.25, 0.3) is 0 Å². The van der Waals surface area contributed by atoms with Crippen molar-refractivity contribution in [2.24, 2.45) is 5.92 Å². The Labute approximate surface area is 132 Å². The number of hydrogen-bond donors (Lipinski definition) is 1. The zero-order valence-electron chi connectivity index (χ0n) is 13.4. The van der Waals surface area contributed by atoms with E-state index < -0.39 is 0 Å². The van der Waals surface area contributed by atoms with Crippen LogP contribution in [0.1, 0.15) is 31.2 Å². The summed E-state index contributed by atoms with van der Waals surface area (Å²) in [7, 11) is 0. The fourth-order valence-corrected chi connectivity index (χ4v) is 3.45. The van der Waals surface area contributed by atoms with E-state index in [1.54, 1.807) is 12.1 Å². The Kier molecular flexibility index (Phi) is 5.45. The van der Waals surface area contributed by atoms with Crippen molar-refractivity contribution in [3.8, 4) is 0 Å². The predicted octanol–water partition coefficient (Wildman–Crippen LogP) is 2.63. The molecule has 1 saturated heterocycles. The maximum Gasteiger partial charge on any atom is 0.123 e. The van der Waals surface area contributed by atoms with Crippen molar-refractivity contribution in [3.05, 3.63) is 35.6 Å². The molecule has 2 fully saturated rings. The molecule has 1 aromatic carbocycles. The molecule has 1 heterocycles. The lowest BCUT2D eigenvalue weighted by molar-refractivity contribution is 0.0314. The zero-order valence-corrected chi connectivity index (χ0v) is 13.4. The van der Waals surface area contributed by atoms with Crippen LogP contribution in [0.4, 0.5) is 4.39 Å². The topological polar surface area (TPSA) is 24.5 Å².